The summed E-state index contributed by atoms with van der Waals surface area (Å²) in [4.78, 5) is 24.8. The van der Waals surface area contributed by atoms with Crippen LogP contribution in [0, 0.1) is 5.82 Å². The van der Waals surface area contributed by atoms with Gasteiger partial charge >= 0.3 is 5.97 Å². The molecule has 1 saturated carbocycles. The van der Waals surface area contributed by atoms with Crippen molar-refractivity contribution in [2.75, 3.05) is 11.9 Å². The van der Waals surface area contributed by atoms with E-state index in [9.17, 15) is 22.4 Å². The molecule has 0 unspecified atom stereocenters. The number of primary sulfonamides is 1. The molecule has 2 aromatic carbocycles. The first-order valence-electron chi connectivity index (χ1n) is 9.07. The van der Waals surface area contributed by atoms with E-state index in [-0.39, 0.29) is 4.90 Å². The largest absolute Gasteiger partial charge is 0.455 e. The van der Waals surface area contributed by atoms with E-state index in [1.807, 2.05) is 0 Å². The topological polar surface area (TPSA) is 116 Å². The van der Waals surface area contributed by atoms with Crippen LogP contribution in [0.25, 0.3) is 0 Å². The SMILES string of the molecule is NS(=O)(=O)c1ccc(NC(=O)COC(=O)C2(c3cccc(F)c3)CCCC2)cc1. The summed E-state index contributed by atoms with van der Waals surface area (Å²) in [6.07, 6.45) is 2.69. The lowest BCUT2D eigenvalue weighted by atomic mass is 9.79. The van der Waals surface area contributed by atoms with Crippen LogP contribution in [0.15, 0.2) is 53.4 Å². The Labute approximate surface area is 168 Å². The lowest BCUT2D eigenvalue weighted by Crippen LogP contribution is -2.36. The van der Waals surface area contributed by atoms with Crippen LogP contribution in [0.4, 0.5) is 10.1 Å². The predicted molar refractivity (Wildman–Crippen MR) is 104 cm³/mol. The molecule has 3 rings (SSSR count). The average Bonchev–Trinajstić information content (AvgIpc) is 3.17. The molecule has 1 fully saturated rings. The summed E-state index contributed by atoms with van der Waals surface area (Å²) < 4.78 is 41.4. The molecule has 29 heavy (non-hydrogen) atoms. The molecule has 0 atom stereocenters. The van der Waals surface area contributed by atoms with Gasteiger partial charge in [-0.05, 0) is 54.8 Å². The van der Waals surface area contributed by atoms with Gasteiger partial charge in [-0.3, -0.25) is 9.59 Å². The van der Waals surface area contributed by atoms with E-state index in [0.29, 0.717) is 24.1 Å². The molecule has 154 valence electrons. The van der Waals surface area contributed by atoms with Gasteiger partial charge in [-0.25, -0.2) is 17.9 Å². The van der Waals surface area contributed by atoms with Gasteiger partial charge in [-0.2, -0.15) is 0 Å². The highest BCUT2D eigenvalue weighted by molar-refractivity contribution is 7.89. The summed E-state index contributed by atoms with van der Waals surface area (Å²) >= 11 is 0. The monoisotopic (exact) mass is 420 g/mol. The van der Waals surface area contributed by atoms with E-state index in [1.54, 1.807) is 12.1 Å². The van der Waals surface area contributed by atoms with Gasteiger partial charge in [0.25, 0.3) is 5.91 Å². The number of rotatable bonds is 6. The number of nitrogens with two attached hydrogens (primary N) is 1. The maximum atomic E-state index is 13.7. The van der Waals surface area contributed by atoms with Gasteiger partial charge in [0, 0.05) is 5.69 Å². The second kappa shape index (κ2) is 8.30. The third-order valence-corrected chi connectivity index (χ3v) is 5.96. The second-order valence-corrected chi connectivity index (χ2v) is 8.55. The summed E-state index contributed by atoms with van der Waals surface area (Å²) in [6, 6.07) is 11.2. The van der Waals surface area contributed by atoms with Crippen LogP contribution in [-0.4, -0.2) is 26.9 Å². The van der Waals surface area contributed by atoms with Crippen molar-refractivity contribution in [3.63, 3.8) is 0 Å². The predicted octanol–water partition coefficient (Wildman–Crippen LogP) is 2.47. The fraction of sp³-hybridized carbons (Fsp3) is 0.300. The number of hydrogen-bond acceptors (Lipinski definition) is 5. The van der Waals surface area contributed by atoms with Gasteiger partial charge in [0.1, 0.15) is 5.82 Å². The highest BCUT2D eigenvalue weighted by Crippen LogP contribution is 2.42. The van der Waals surface area contributed by atoms with Crippen molar-refractivity contribution < 1.29 is 27.1 Å². The number of hydrogen-bond donors (Lipinski definition) is 2. The molecule has 9 heteroatoms. The smallest absolute Gasteiger partial charge is 0.317 e. The Hall–Kier alpha value is -2.78. The average molecular weight is 420 g/mol. The molecule has 0 radical (unpaired) electrons. The Morgan fingerprint density at radius 2 is 1.76 bits per heavy atom. The summed E-state index contributed by atoms with van der Waals surface area (Å²) in [5.74, 6) is -1.56. The van der Waals surface area contributed by atoms with Crippen LogP contribution in [-0.2, 0) is 29.8 Å². The Morgan fingerprint density at radius 1 is 1.10 bits per heavy atom. The number of amides is 1. The maximum absolute atomic E-state index is 13.7. The lowest BCUT2D eigenvalue weighted by molar-refractivity contribution is -0.153. The number of anilines is 1. The quantitative estimate of drug-likeness (QED) is 0.697. The molecule has 2 aromatic rings. The molecule has 0 bridgehead atoms. The van der Waals surface area contributed by atoms with E-state index < -0.39 is 39.7 Å². The fourth-order valence-corrected chi connectivity index (χ4v) is 4.09. The summed E-state index contributed by atoms with van der Waals surface area (Å²) in [6.45, 7) is -0.507. The molecule has 0 heterocycles. The van der Waals surface area contributed by atoms with Gasteiger partial charge in [0.05, 0.1) is 10.3 Å². The minimum atomic E-state index is -3.82. The van der Waals surface area contributed by atoms with Gasteiger partial charge in [-0.1, -0.05) is 25.0 Å². The van der Waals surface area contributed by atoms with E-state index in [4.69, 9.17) is 9.88 Å². The van der Waals surface area contributed by atoms with E-state index in [1.165, 1.54) is 36.4 Å². The molecule has 0 saturated heterocycles. The van der Waals surface area contributed by atoms with Crippen LogP contribution in [0.3, 0.4) is 0 Å². The van der Waals surface area contributed by atoms with Crippen LogP contribution in [0.5, 0.6) is 0 Å². The summed E-state index contributed by atoms with van der Waals surface area (Å²) in [5, 5.41) is 7.54. The molecule has 0 aliphatic heterocycles. The Kier molecular flexibility index (Phi) is 5.99. The van der Waals surface area contributed by atoms with Gasteiger partial charge in [0.2, 0.25) is 10.0 Å². The maximum Gasteiger partial charge on any atom is 0.317 e. The molecule has 0 spiro atoms. The van der Waals surface area contributed by atoms with Crippen molar-refractivity contribution in [1.82, 2.24) is 0 Å². The van der Waals surface area contributed by atoms with Gasteiger partial charge in [-0.15, -0.1) is 0 Å². The first kappa shape index (κ1) is 20.9. The third kappa shape index (κ3) is 4.80. The van der Waals surface area contributed by atoms with Crippen LogP contribution in [0.2, 0.25) is 0 Å². The van der Waals surface area contributed by atoms with E-state index in [2.05, 4.69) is 5.32 Å². The Bertz CT molecular complexity index is 1020. The van der Waals surface area contributed by atoms with Crippen molar-refractivity contribution >= 4 is 27.6 Å². The standard InChI is InChI=1S/C20H21FN2O5S/c21-15-5-3-4-14(12-15)20(10-1-2-11-20)19(25)28-13-18(24)23-16-6-8-17(9-7-16)29(22,26)27/h3-9,12H,1-2,10-11,13H2,(H,23,24)(H2,22,26,27). The van der Waals surface area contributed by atoms with E-state index >= 15 is 0 Å². The number of benzene rings is 2. The van der Waals surface area contributed by atoms with Crippen LogP contribution >= 0.6 is 0 Å². The summed E-state index contributed by atoms with van der Waals surface area (Å²) in [5.41, 5.74) is -0.0578. The highest BCUT2D eigenvalue weighted by Gasteiger charge is 2.44. The molecule has 1 aliphatic rings. The number of ether oxygens (including phenoxy) is 1. The minimum absolute atomic E-state index is 0.0832. The van der Waals surface area contributed by atoms with Crippen LogP contribution < -0.4 is 10.5 Å². The zero-order valence-corrected chi connectivity index (χ0v) is 16.4. The lowest BCUT2D eigenvalue weighted by Gasteiger charge is -2.27. The second-order valence-electron chi connectivity index (χ2n) is 6.99. The Balaban J connectivity index is 1.64. The number of carbonyl (C=O) groups is 2. The number of nitrogens with one attached hydrogen (secondary N) is 1. The number of halogens is 1. The van der Waals surface area contributed by atoms with Crippen molar-refractivity contribution in [2.24, 2.45) is 5.14 Å². The van der Waals surface area contributed by atoms with Gasteiger partial charge < -0.3 is 10.1 Å². The van der Waals surface area contributed by atoms with Crippen molar-refractivity contribution in [3.8, 4) is 0 Å². The normalized spacial score (nSPS) is 15.7. The molecule has 1 aliphatic carbocycles. The molecular weight excluding hydrogens is 399 g/mol. The molecule has 3 N–H and O–H groups in total. The molecule has 7 nitrogen and oxygen atoms in total. The van der Waals surface area contributed by atoms with Crippen molar-refractivity contribution in [2.45, 2.75) is 36.0 Å². The molecule has 0 aromatic heterocycles. The van der Waals surface area contributed by atoms with Crippen LogP contribution in [0.1, 0.15) is 31.2 Å². The van der Waals surface area contributed by atoms with Crippen molar-refractivity contribution in [3.05, 3.63) is 59.9 Å². The first-order chi connectivity index (χ1) is 13.7. The Morgan fingerprint density at radius 3 is 2.34 bits per heavy atom. The fourth-order valence-electron chi connectivity index (χ4n) is 3.57. The summed E-state index contributed by atoms with van der Waals surface area (Å²) in [7, 11) is -3.82. The zero-order valence-electron chi connectivity index (χ0n) is 15.6. The molecule has 1 amide bonds. The zero-order chi connectivity index (χ0) is 21.1. The number of esters is 1. The third-order valence-electron chi connectivity index (χ3n) is 5.03. The van der Waals surface area contributed by atoms with E-state index in [0.717, 1.165) is 12.8 Å². The first-order valence-corrected chi connectivity index (χ1v) is 10.6. The number of sulfonamides is 1. The number of carbonyl (C=O) groups excluding carboxylic acids is 2. The van der Waals surface area contributed by atoms with Gasteiger partial charge in [0.15, 0.2) is 6.61 Å². The molecular formula is C20H21FN2O5S. The minimum Gasteiger partial charge on any atom is -0.455 e. The van der Waals surface area contributed by atoms with Crippen molar-refractivity contribution in [1.29, 1.82) is 0 Å². The highest BCUT2D eigenvalue weighted by atomic mass is 32.2.